The predicted molar refractivity (Wildman–Crippen MR) is 118 cm³/mol. The van der Waals surface area contributed by atoms with Crippen molar-refractivity contribution >= 4 is 0 Å². The van der Waals surface area contributed by atoms with E-state index in [1.165, 1.54) is 11.6 Å². The van der Waals surface area contributed by atoms with E-state index in [0.717, 1.165) is 25.7 Å². The predicted octanol–water partition coefficient (Wildman–Crippen LogP) is 6.20. The minimum absolute atomic E-state index is 0.213. The second-order valence-electron chi connectivity index (χ2n) is 7.84. The van der Waals surface area contributed by atoms with Crippen LogP contribution in [0.3, 0.4) is 0 Å². The van der Waals surface area contributed by atoms with Gasteiger partial charge in [-0.2, -0.15) is 0 Å². The highest BCUT2D eigenvalue weighted by Crippen LogP contribution is 2.26. The molecule has 3 nitrogen and oxygen atoms in total. The Morgan fingerprint density at radius 1 is 0.966 bits per heavy atom. The molecule has 0 radical (unpaired) electrons. The van der Waals surface area contributed by atoms with Gasteiger partial charge in [0.15, 0.2) is 11.6 Å². The van der Waals surface area contributed by atoms with Gasteiger partial charge in [0, 0.05) is 6.04 Å². The smallest absolute Gasteiger partial charge is 0.165 e. The van der Waals surface area contributed by atoms with Crippen molar-refractivity contribution in [1.82, 2.24) is 5.32 Å². The summed E-state index contributed by atoms with van der Waals surface area (Å²) < 4.78 is 20.0. The standard InChI is InChI=1S/C25H36FNO2/c1-4-9-20(10-5-2)18-29-25-17-22(13-14-23(25)26)24(28)15-16-27-19(3)21-11-7-6-8-12-21/h6-8,11-14,17,19-20,24,27-28H,4-5,9-10,15-16,18H2,1-3H3/t19-,24?/m0/s1. The summed E-state index contributed by atoms with van der Waals surface area (Å²) >= 11 is 0. The van der Waals surface area contributed by atoms with Gasteiger partial charge in [-0.1, -0.05) is 63.1 Å². The zero-order valence-electron chi connectivity index (χ0n) is 18.0. The van der Waals surface area contributed by atoms with E-state index in [9.17, 15) is 9.50 Å². The molecule has 2 aromatic carbocycles. The lowest BCUT2D eigenvalue weighted by Gasteiger charge is -2.19. The first-order chi connectivity index (χ1) is 14.0. The number of aliphatic hydroxyl groups excluding tert-OH is 1. The SMILES string of the molecule is CCCC(CCC)COc1cc(C(O)CCN[C@@H](C)c2ccccc2)ccc1F. The van der Waals surface area contributed by atoms with Crippen molar-refractivity contribution in [3.8, 4) is 5.75 Å². The molecule has 0 saturated heterocycles. The normalized spacial score (nSPS) is 13.4. The third-order valence-corrected chi connectivity index (χ3v) is 5.38. The fourth-order valence-electron chi connectivity index (χ4n) is 3.64. The van der Waals surface area contributed by atoms with Crippen LogP contribution in [0.1, 0.15) is 76.1 Å². The van der Waals surface area contributed by atoms with E-state index in [4.69, 9.17) is 4.74 Å². The molecule has 4 heteroatoms. The molecule has 2 atom stereocenters. The molecular weight excluding hydrogens is 365 g/mol. The maximum absolute atomic E-state index is 14.2. The van der Waals surface area contributed by atoms with Crippen molar-refractivity contribution in [2.24, 2.45) is 5.92 Å². The first-order valence-electron chi connectivity index (χ1n) is 10.9. The maximum Gasteiger partial charge on any atom is 0.165 e. The second-order valence-corrected chi connectivity index (χ2v) is 7.84. The van der Waals surface area contributed by atoms with Gasteiger partial charge in [-0.25, -0.2) is 4.39 Å². The number of halogens is 1. The van der Waals surface area contributed by atoms with Crippen molar-refractivity contribution < 1.29 is 14.2 Å². The summed E-state index contributed by atoms with van der Waals surface area (Å²) in [5.74, 6) is 0.314. The highest BCUT2D eigenvalue weighted by atomic mass is 19.1. The van der Waals surface area contributed by atoms with Crippen molar-refractivity contribution in [3.63, 3.8) is 0 Å². The van der Waals surface area contributed by atoms with Crippen LogP contribution in [0.25, 0.3) is 0 Å². The van der Waals surface area contributed by atoms with Gasteiger partial charge in [0.25, 0.3) is 0 Å². The van der Waals surface area contributed by atoms with Crippen molar-refractivity contribution in [2.45, 2.75) is 65.0 Å². The molecule has 1 unspecified atom stereocenters. The molecule has 0 spiro atoms. The Morgan fingerprint density at radius 3 is 2.31 bits per heavy atom. The fourth-order valence-corrected chi connectivity index (χ4v) is 3.64. The first-order valence-corrected chi connectivity index (χ1v) is 10.9. The minimum Gasteiger partial charge on any atom is -0.490 e. The van der Waals surface area contributed by atoms with Gasteiger partial charge in [0.05, 0.1) is 12.7 Å². The lowest BCUT2D eigenvalue weighted by molar-refractivity contribution is 0.164. The molecule has 0 aliphatic heterocycles. The van der Waals surface area contributed by atoms with E-state index >= 15 is 0 Å². The number of hydrogen-bond donors (Lipinski definition) is 2. The van der Waals surface area contributed by atoms with Crippen LogP contribution in [0.4, 0.5) is 4.39 Å². The number of aliphatic hydroxyl groups is 1. The zero-order chi connectivity index (χ0) is 21.1. The third kappa shape index (κ3) is 7.79. The van der Waals surface area contributed by atoms with Gasteiger partial charge in [-0.05, 0) is 61.9 Å². The topological polar surface area (TPSA) is 41.5 Å². The van der Waals surface area contributed by atoms with Crippen LogP contribution < -0.4 is 10.1 Å². The number of benzene rings is 2. The Kier molecular flexibility index (Phi) is 10.2. The van der Waals surface area contributed by atoms with Crippen molar-refractivity contribution in [3.05, 3.63) is 65.5 Å². The van der Waals surface area contributed by atoms with E-state index in [1.807, 2.05) is 18.2 Å². The molecule has 2 rings (SSSR count). The van der Waals surface area contributed by atoms with Crippen LogP contribution in [-0.4, -0.2) is 18.3 Å². The molecule has 160 valence electrons. The lowest BCUT2D eigenvalue weighted by atomic mass is 9.99. The third-order valence-electron chi connectivity index (χ3n) is 5.38. The Hall–Kier alpha value is -1.91. The number of ether oxygens (including phenoxy) is 1. The molecule has 0 fully saturated rings. The summed E-state index contributed by atoms with van der Waals surface area (Å²) in [6.07, 6.45) is 4.27. The average Bonchev–Trinajstić information content (AvgIpc) is 2.73. The van der Waals surface area contributed by atoms with Gasteiger partial charge in [0.2, 0.25) is 0 Å². The fraction of sp³-hybridized carbons (Fsp3) is 0.520. The maximum atomic E-state index is 14.2. The van der Waals surface area contributed by atoms with Crippen molar-refractivity contribution in [1.29, 1.82) is 0 Å². The van der Waals surface area contributed by atoms with Crippen LogP contribution >= 0.6 is 0 Å². The average molecular weight is 402 g/mol. The summed E-state index contributed by atoms with van der Waals surface area (Å²) in [5, 5.41) is 14.0. The number of nitrogens with one attached hydrogen (secondary N) is 1. The summed E-state index contributed by atoms with van der Waals surface area (Å²) in [6, 6.07) is 15.1. The number of rotatable bonds is 13. The summed E-state index contributed by atoms with van der Waals surface area (Å²) in [7, 11) is 0. The molecule has 2 aromatic rings. The zero-order valence-corrected chi connectivity index (χ0v) is 18.0. The van der Waals surface area contributed by atoms with E-state index < -0.39 is 6.10 Å². The van der Waals surface area contributed by atoms with E-state index in [0.29, 0.717) is 31.1 Å². The van der Waals surface area contributed by atoms with Gasteiger partial charge in [-0.15, -0.1) is 0 Å². The van der Waals surface area contributed by atoms with Gasteiger partial charge in [0.1, 0.15) is 0 Å². The highest BCUT2D eigenvalue weighted by molar-refractivity contribution is 5.31. The number of hydrogen-bond acceptors (Lipinski definition) is 3. The Morgan fingerprint density at radius 2 is 1.66 bits per heavy atom. The van der Waals surface area contributed by atoms with E-state index in [-0.39, 0.29) is 17.6 Å². The molecule has 0 saturated carbocycles. The highest BCUT2D eigenvalue weighted by Gasteiger charge is 2.14. The lowest BCUT2D eigenvalue weighted by Crippen LogP contribution is -2.21. The van der Waals surface area contributed by atoms with Crippen LogP contribution in [0.15, 0.2) is 48.5 Å². The first kappa shape index (κ1) is 23.4. The Bertz CT molecular complexity index is 701. The van der Waals surface area contributed by atoms with E-state index in [1.54, 1.807) is 12.1 Å². The summed E-state index contributed by atoms with van der Waals surface area (Å²) in [5.41, 5.74) is 1.91. The molecule has 29 heavy (non-hydrogen) atoms. The van der Waals surface area contributed by atoms with Crippen LogP contribution in [0, 0.1) is 11.7 Å². The quantitative estimate of drug-likeness (QED) is 0.420. The van der Waals surface area contributed by atoms with Gasteiger partial charge < -0.3 is 15.2 Å². The monoisotopic (exact) mass is 401 g/mol. The summed E-state index contributed by atoms with van der Waals surface area (Å²) in [4.78, 5) is 0. The molecular formula is C25H36FNO2. The van der Waals surface area contributed by atoms with Gasteiger partial charge in [-0.3, -0.25) is 0 Å². The van der Waals surface area contributed by atoms with E-state index in [2.05, 4.69) is 38.2 Å². The minimum atomic E-state index is -0.657. The van der Waals surface area contributed by atoms with Gasteiger partial charge >= 0.3 is 0 Å². The van der Waals surface area contributed by atoms with Crippen molar-refractivity contribution in [2.75, 3.05) is 13.2 Å². The summed E-state index contributed by atoms with van der Waals surface area (Å²) in [6.45, 7) is 7.61. The Labute approximate surface area is 175 Å². The van der Waals surface area contributed by atoms with Crippen LogP contribution in [0.5, 0.6) is 5.75 Å². The molecule has 0 heterocycles. The molecule has 0 aliphatic carbocycles. The van der Waals surface area contributed by atoms with Crippen LogP contribution in [-0.2, 0) is 0 Å². The molecule has 0 aliphatic rings. The molecule has 0 aromatic heterocycles. The Balaban J connectivity index is 1.88. The molecule has 2 N–H and O–H groups in total. The molecule has 0 amide bonds. The largest absolute Gasteiger partial charge is 0.490 e. The second kappa shape index (κ2) is 12.6. The molecule has 0 bridgehead atoms. The van der Waals surface area contributed by atoms with Crippen LogP contribution in [0.2, 0.25) is 0 Å².